The lowest BCUT2D eigenvalue weighted by Gasteiger charge is -2.27. The molecule has 0 saturated carbocycles. The van der Waals surface area contributed by atoms with E-state index in [0.29, 0.717) is 5.92 Å². The van der Waals surface area contributed by atoms with Crippen LogP contribution in [0.5, 0.6) is 0 Å². The van der Waals surface area contributed by atoms with Crippen molar-refractivity contribution in [1.82, 2.24) is 9.88 Å². The summed E-state index contributed by atoms with van der Waals surface area (Å²) in [6, 6.07) is 3.84. The minimum Gasteiger partial charge on any atom is -0.381 e. The maximum absolute atomic E-state index is 6.24. The monoisotopic (exact) mass is 297 g/mol. The summed E-state index contributed by atoms with van der Waals surface area (Å²) >= 11 is 6.24. The van der Waals surface area contributed by atoms with E-state index in [2.05, 4.69) is 29.2 Å². The van der Waals surface area contributed by atoms with Gasteiger partial charge >= 0.3 is 0 Å². The summed E-state index contributed by atoms with van der Waals surface area (Å²) in [4.78, 5) is 6.86. The third kappa shape index (κ3) is 4.62. The van der Waals surface area contributed by atoms with E-state index < -0.39 is 0 Å². The molecule has 1 unspecified atom stereocenters. The van der Waals surface area contributed by atoms with Crippen LogP contribution >= 0.6 is 11.6 Å². The molecule has 0 spiro atoms. The molecule has 1 N–H and O–H groups in total. The van der Waals surface area contributed by atoms with Gasteiger partial charge in [-0.25, -0.2) is 4.98 Å². The number of aromatic nitrogens is 1. The van der Waals surface area contributed by atoms with Gasteiger partial charge in [-0.15, -0.1) is 0 Å². The molecule has 20 heavy (non-hydrogen) atoms. The fourth-order valence-electron chi connectivity index (χ4n) is 2.59. The summed E-state index contributed by atoms with van der Waals surface area (Å²) in [6.45, 7) is 6.52. The molecule has 0 aliphatic carbocycles. The number of pyridine rings is 1. The first-order valence-corrected chi connectivity index (χ1v) is 7.72. The first kappa shape index (κ1) is 15.5. The summed E-state index contributed by atoms with van der Waals surface area (Å²) in [6.07, 6.45) is 2.43. The van der Waals surface area contributed by atoms with Crippen LogP contribution in [-0.4, -0.2) is 43.2 Å². The first-order chi connectivity index (χ1) is 9.69. The van der Waals surface area contributed by atoms with E-state index in [4.69, 9.17) is 16.3 Å². The SMILES string of the molecule is CCNc1ccc(Cl)c(CN(C)CC2CCCOC2)n1. The molecule has 1 aliphatic heterocycles. The Kier molecular flexibility index (Phi) is 6.07. The highest BCUT2D eigenvalue weighted by atomic mass is 35.5. The van der Waals surface area contributed by atoms with Crippen LogP contribution in [0.2, 0.25) is 5.02 Å². The summed E-state index contributed by atoms with van der Waals surface area (Å²) in [7, 11) is 2.12. The molecule has 1 saturated heterocycles. The van der Waals surface area contributed by atoms with Gasteiger partial charge in [-0.3, -0.25) is 0 Å². The zero-order chi connectivity index (χ0) is 14.4. The van der Waals surface area contributed by atoms with Crippen LogP contribution in [0.15, 0.2) is 12.1 Å². The molecule has 1 aromatic rings. The van der Waals surface area contributed by atoms with Crippen molar-refractivity contribution >= 4 is 17.4 Å². The normalized spacial score (nSPS) is 19.3. The molecule has 0 radical (unpaired) electrons. The fraction of sp³-hybridized carbons (Fsp3) is 0.667. The Morgan fingerprint density at radius 2 is 2.35 bits per heavy atom. The van der Waals surface area contributed by atoms with Crippen molar-refractivity contribution in [3.05, 3.63) is 22.8 Å². The highest BCUT2D eigenvalue weighted by Gasteiger charge is 2.17. The van der Waals surface area contributed by atoms with Crippen molar-refractivity contribution < 1.29 is 4.74 Å². The first-order valence-electron chi connectivity index (χ1n) is 7.34. The highest BCUT2D eigenvalue weighted by molar-refractivity contribution is 6.31. The van der Waals surface area contributed by atoms with Crippen LogP contribution in [-0.2, 0) is 11.3 Å². The maximum atomic E-state index is 6.24. The van der Waals surface area contributed by atoms with Crippen molar-refractivity contribution in [1.29, 1.82) is 0 Å². The van der Waals surface area contributed by atoms with Gasteiger partial charge in [0.15, 0.2) is 0 Å². The third-order valence-corrected chi connectivity index (χ3v) is 3.86. The molecule has 2 rings (SSSR count). The second-order valence-electron chi connectivity index (χ2n) is 5.44. The Hall–Kier alpha value is -0.840. The number of halogens is 1. The number of anilines is 1. The van der Waals surface area contributed by atoms with Crippen molar-refractivity contribution in [2.45, 2.75) is 26.3 Å². The Balaban J connectivity index is 1.92. The Labute approximate surface area is 126 Å². The lowest BCUT2D eigenvalue weighted by molar-refractivity contribution is 0.0410. The minimum absolute atomic E-state index is 0.629. The molecule has 1 fully saturated rings. The smallest absolute Gasteiger partial charge is 0.126 e. The third-order valence-electron chi connectivity index (χ3n) is 3.52. The van der Waals surface area contributed by atoms with Crippen LogP contribution in [0.4, 0.5) is 5.82 Å². The molecule has 1 atom stereocenters. The molecule has 112 valence electrons. The number of ether oxygens (including phenoxy) is 1. The van der Waals surface area contributed by atoms with Gasteiger partial charge in [0.2, 0.25) is 0 Å². The van der Waals surface area contributed by atoms with Gasteiger partial charge in [-0.05, 0) is 44.9 Å². The summed E-state index contributed by atoms with van der Waals surface area (Å²) in [5, 5.41) is 3.96. The van der Waals surface area contributed by atoms with E-state index in [0.717, 1.165) is 49.4 Å². The summed E-state index contributed by atoms with van der Waals surface area (Å²) < 4.78 is 5.53. The van der Waals surface area contributed by atoms with E-state index in [1.807, 2.05) is 12.1 Å². The van der Waals surface area contributed by atoms with Crippen molar-refractivity contribution in [3.63, 3.8) is 0 Å². The van der Waals surface area contributed by atoms with Gasteiger partial charge in [0.1, 0.15) is 5.82 Å². The quantitative estimate of drug-likeness (QED) is 0.876. The molecule has 2 heterocycles. The molecule has 1 aromatic heterocycles. The number of hydrogen-bond acceptors (Lipinski definition) is 4. The van der Waals surface area contributed by atoms with Gasteiger partial charge in [0, 0.05) is 26.2 Å². The van der Waals surface area contributed by atoms with Gasteiger partial charge in [-0.1, -0.05) is 11.6 Å². The average Bonchev–Trinajstić information content (AvgIpc) is 2.44. The van der Waals surface area contributed by atoms with Crippen LogP contribution in [0.25, 0.3) is 0 Å². The lowest BCUT2D eigenvalue weighted by atomic mass is 10.0. The van der Waals surface area contributed by atoms with E-state index in [1.165, 1.54) is 12.8 Å². The Morgan fingerprint density at radius 3 is 3.05 bits per heavy atom. The van der Waals surface area contributed by atoms with Gasteiger partial charge in [0.05, 0.1) is 17.3 Å². The standard InChI is InChI=1S/C15H24ClN3O/c1-3-17-15-7-6-13(16)14(18-15)10-19(2)9-12-5-4-8-20-11-12/h6-7,12H,3-5,8-11H2,1-2H3,(H,17,18). The molecule has 4 nitrogen and oxygen atoms in total. The van der Waals surface area contributed by atoms with E-state index in [9.17, 15) is 0 Å². The zero-order valence-electron chi connectivity index (χ0n) is 12.4. The van der Waals surface area contributed by atoms with Gasteiger partial charge in [-0.2, -0.15) is 0 Å². The largest absolute Gasteiger partial charge is 0.381 e. The highest BCUT2D eigenvalue weighted by Crippen LogP contribution is 2.20. The van der Waals surface area contributed by atoms with Crippen LogP contribution in [0.1, 0.15) is 25.5 Å². The second kappa shape index (κ2) is 7.81. The maximum Gasteiger partial charge on any atom is 0.126 e. The van der Waals surface area contributed by atoms with E-state index in [-0.39, 0.29) is 0 Å². The Morgan fingerprint density at radius 1 is 1.50 bits per heavy atom. The molecule has 0 bridgehead atoms. The van der Waals surface area contributed by atoms with Crippen molar-refractivity contribution in [2.24, 2.45) is 5.92 Å². The predicted octanol–water partition coefficient (Wildman–Crippen LogP) is 3.03. The van der Waals surface area contributed by atoms with Gasteiger partial charge < -0.3 is 15.0 Å². The number of rotatable bonds is 6. The van der Waals surface area contributed by atoms with Crippen molar-refractivity contribution in [2.75, 3.05) is 38.7 Å². The number of nitrogens with zero attached hydrogens (tertiary/aromatic N) is 2. The molecular formula is C15H24ClN3O. The number of hydrogen-bond donors (Lipinski definition) is 1. The Bertz CT molecular complexity index is 422. The summed E-state index contributed by atoms with van der Waals surface area (Å²) in [5.74, 6) is 1.52. The zero-order valence-corrected chi connectivity index (χ0v) is 13.1. The van der Waals surface area contributed by atoms with Crippen LogP contribution < -0.4 is 5.32 Å². The number of nitrogens with one attached hydrogen (secondary N) is 1. The van der Waals surface area contributed by atoms with E-state index >= 15 is 0 Å². The molecule has 1 aliphatic rings. The lowest BCUT2D eigenvalue weighted by Crippen LogP contribution is -2.31. The van der Waals surface area contributed by atoms with Crippen LogP contribution in [0.3, 0.4) is 0 Å². The minimum atomic E-state index is 0.629. The molecule has 5 heteroatoms. The average molecular weight is 298 g/mol. The predicted molar refractivity (Wildman–Crippen MR) is 83.3 cm³/mol. The molecule has 0 amide bonds. The molecule has 0 aromatic carbocycles. The second-order valence-corrected chi connectivity index (χ2v) is 5.84. The van der Waals surface area contributed by atoms with Gasteiger partial charge in [0.25, 0.3) is 0 Å². The molecular weight excluding hydrogens is 274 g/mol. The van der Waals surface area contributed by atoms with E-state index in [1.54, 1.807) is 0 Å². The summed E-state index contributed by atoms with van der Waals surface area (Å²) in [5.41, 5.74) is 0.935. The topological polar surface area (TPSA) is 37.4 Å². The van der Waals surface area contributed by atoms with Crippen molar-refractivity contribution in [3.8, 4) is 0 Å². The van der Waals surface area contributed by atoms with Crippen LogP contribution in [0, 0.1) is 5.92 Å². The fourth-order valence-corrected chi connectivity index (χ4v) is 2.75.